The molecule has 1 rings (SSSR count). The molecule has 1 aromatic carbocycles. The zero-order chi connectivity index (χ0) is 15.3. The number of carboxylic acids is 1. The molecule has 110 valence electrons. The third-order valence-corrected chi connectivity index (χ3v) is 3.28. The van der Waals surface area contributed by atoms with Gasteiger partial charge in [-0.1, -0.05) is 12.1 Å². The van der Waals surface area contributed by atoms with Crippen LogP contribution in [0.2, 0.25) is 0 Å². The Morgan fingerprint density at radius 2 is 2.05 bits per heavy atom. The summed E-state index contributed by atoms with van der Waals surface area (Å²) in [6.45, 7) is 5.17. The fraction of sp³-hybridized carbons (Fsp3) is 0.467. The molecule has 0 radical (unpaired) electrons. The molecule has 0 aliphatic rings. The van der Waals surface area contributed by atoms with E-state index in [0.717, 1.165) is 0 Å². The molecule has 0 spiro atoms. The van der Waals surface area contributed by atoms with E-state index in [1.54, 1.807) is 32.9 Å². The van der Waals surface area contributed by atoms with Gasteiger partial charge in [0.05, 0.1) is 5.41 Å². The molecule has 2 N–H and O–H groups in total. The van der Waals surface area contributed by atoms with E-state index in [4.69, 9.17) is 5.11 Å². The third-order valence-electron chi connectivity index (χ3n) is 3.28. The minimum Gasteiger partial charge on any atom is -0.481 e. The van der Waals surface area contributed by atoms with Crippen LogP contribution in [0, 0.1) is 5.82 Å². The lowest BCUT2D eigenvalue weighted by molar-refractivity contribution is -0.137. The van der Waals surface area contributed by atoms with Crippen molar-refractivity contribution in [2.75, 3.05) is 0 Å². The van der Waals surface area contributed by atoms with Crippen molar-refractivity contribution in [2.45, 2.75) is 45.1 Å². The molecule has 0 unspecified atom stereocenters. The maximum atomic E-state index is 13.2. The van der Waals surface area contributed by atoms with Crippen LogP contribution in [0.15, 0.2) is 24.3 Å². The number of halogens is 1. The van der Waals surface area contributed by atoms with Gasteiger partial charge < -0.3 is 10.4 Å². The first-order valence-electron chi connectivity index (χ1n) is 6.52. The van der Waals surface area contributed by atoms with Crippen LogP contribution in [0.4, 0.5) is 4.39 Å². The molecule has 1 atom stereocenters. The van der Waals surface area contributed by atoms with Gasteiger partial charge in [-0.2, -0.15) is 0 Å². The molecular formula is C15H20FNO3. The average molecular weight is 281 g/mol. The van der Waals surface area contributed by atoms with E-state index in [9.17, 15) is 14.0 Å². The third kappa shape index (κ3) is 4.33. The first-order chi connectivity index (χ1) is 9.23. The number of nitrogens with one attached hydrogen (secondary N) is 1. The van der Waals surface area contributed by atoms with Crippen LogP contribution in [-0.4, -0.2) is 23.0 Å². The molecule has 20 heavy (non-hydrogen) atoms. The number of benzene rings is 1. The number of carbonyl (C=O) groups excluding carboxylic acids is 1. The molecule has 4 nitrogen and oxygen atoms in total. The number of carboxylic acid groups (broad SMARTS) is 1. The largest absolute Gasteiger partial charge is 0.481 e. The summed E-state index contributed by atoms with van der Waals surface area (Å²) in [5, 5.41) is 11.4. The van der Waals surface area contributed by atoms with Crippen LogP contribution in [0.1, 0.15) is 39.2 Å². The number of rotatable bonds is 6. The molecule has 0 aliphatic carbocycles. The second-order valence-corrected chi connectivity index (χ2v) is 5.44. The zero-order valence-electron chi connectivity index (χ0n) is 11.9. The quantitative estimate of drug-likeness (QED) is 0.841. The van der Waals surface area contributed by atoms with Gasteiger partial charge in [0.25, 0.3) is 0 Å². The Bertz CT molecular complexity index is 500. The summed E-state index contributed by atoms with van der Waals surface area (Å²) in [6, 6.07) is 5.68. The standard InChI is InChI=1S/C15H20FNO3/c1-10(7-8-13(18)19)17-14(20)15(2,3)11-5-4-6-12(16)9-11/h4-6,9-10H,7-8H2,1-3H3,(H,17,20)(H,18,19)/t10-/m0/s1. The van der Waals surface area contributed by atoms with Crippen molar-refractivity contribution in [3.63, 3.8) is 0 Å². The first-order valence-corrected chi connectivity index (χ1v) is 6.52. The monoisotopic (exact) mass is 281 g/mol. The number of carbonyl (C=O) groups is 2. The van der Waals surface area contributed by atoms with Gasteiger partial charge in [-0.25, -0.2) is 4.39 Å². The minimum absolute atomic E-state index is 0.00183. The Balaban J connectivity index is 2.72. The van der Waals surface area contributed by atoms with E-state index in [1.165, 1.54) is 12.1 Å². The van der Waals surface area contributed by atoms with Crippen LogP contribution < -0.4 is 5.32 Å². The van der Waals surface area contributed by atoms with Gasteiger partial charge in [0, 0.05) is 12.5 Å². The zero-order valence-corrected chi connectivity index (χ0v) is 11.9. The number of hydrogen-bond donors (Lipinski definition) is 2. The molecule has 0 aliphatic heterocycles. The van der Waals surface area contributed by atoms with Crippen LogP contribution in [0.25, 0.3) is 0 Å². The van der Waals surface area contributed by atoms with E-state index in [0.29, 0.717) is 12.0 Å². The Kier molecular flexibility index (Phi) is 5.25. The summed E-state index contributed by atoms with van der Waals surface area (Å²) in [4.78, 5) is 22.7. The average Bonchev–Trinajstić information content (AvgIpc) is 2.36. The molecule has 0 aromatic heterocycles. The normalized spacial score (nSPS) is 12.8. The van der Waals surface area contributed by atoms with Gasteiger partial charge in [0.1, 0.15) is 5.82 Å². The fourth-order valence-electron chi connectivity index (χ4n) is 1.82. The molecule has 0 bridgehead atoms. The second-order valence-electron chi connectivity index (χ2n) is 5.44. The van der Waals surface area contributed by atoms with Gasteiger partial charge >= 0.3 is 5.97 Å². The predicted octanol–water partition coefficient (Wildman–Crippen LogP) is 2.47. The number of hydrogen-bond acceptors (Lipinski definition) is 2. The highest BCUT2D eigenvalue weighted by Gasteiger charge is 2.30. The van der Waals surface area contributed by atoms with Crippen molar-refractivity contribution < 1.29 is 19.1 Å². The van der Waals surface area contributed by atoms with Crippen molar-refractivity contribution in [2.24, 2.45) is 0 Å². The Hall–Kier alpha value is -1.91. The summed E-state index contributed by atoms with van der Waals surface area (Å²) in [7, 11) is 0. The fourth-order valence-corrected chi connectivity index (χ4v) is 1.82. The van der Waals surface area contributed by atoms with Gasteiger partial charge in [-0.05, 0) is 44.9 Å². The van der Waals surface area contributed by atoms with E-state index < -0.39 is 11.4 Å². The lowest BCUT2D eigenvalue weighted by Crippen LogP contribution is -2.44. The Labute approximate surface area is 118 Å². The van der Waals surface area contributed by atoms with E-state index in [-0.39, 0.29) is 24.2 Å². The topological polar surface area (TPSA) is 66.4 Å². The van der Waals surface area contributed by atoms with Crippen molar-refractivity contribution >= 4 is 11.9 Å². The molecule has 0 fully saturated rings. The van der Waals surface area contributed by atoms with Gasteiger partial charge in [0.15, 0.2) is 0 Å². The van der Waals surface area contributed by atoms with E-state index >= 15 is 0 Å². The van der Waals surface area contributed by atoms with Gasteiger partial charge in [-0.15, -0.1) is 0 Å². The maximum Gasteiger partial charge on any atom is 0.303 e. The second kappa shape index (κ2) is 6.50. The molecule has 1 amide bonds. The van der Waals surface area contributed by atoms with Crippen LogP contribution in [-0.2, 0) is 15.0 Å². The summed E-state index contributed by atoms with van der Waals surface area (Å²) >= 11 is 0. The van der Waals surface area contributed by atoms with Crippen LogP contribution in [0.5, 0.6) is 0 Å². The molecular weight excluding hydrogens is 261 g/mol. The number of amides is 1. The van der Waals surface area contributed by atoms with Crippen LogP contribution in [0.3, 0.4) is 0 Å². The molecule has 1 aromatic rings. The van der Waals surface area contributed by atoms with Gasteiger partial charge in [-0.3, -0.25) is 9.59 Å². The smallest absolute Gasteiger partial charge is 0.303 e. The van der Waals surface area contributed by atoms with Crippen molar-refractivity contribution in [3.05, 3.63) is 35.6 Å². The van der Waals surface area contributed by atoms with Crippen molar-refractivity contribution in [3.8, 4) is 0 Å². The van der Waals surface area contributed by atoms with Crippen molar-refractivity contribution in [1.82, 2.24) is 5.32 Å². The molecule has 0 saturated carbocycles. The lowest BCUT2D eigenvalue weighted by atomic mass is 9.83. The first kappa shape index (κ1) is 16.1. The highest BCUT2D eigenvalue weighted by atomic mass is 19.1. The summed E-state index contributed by atoms with van der Waals surface area (Å²) in [6.07, 6.45) is 0.363. The Morgan fingerprint density at radius 1 is 1.40 bits per heavy atom. The number of aliphatic carboxylic acids is 1. The van der Waals surface area contributed by atoms with E-state index in [2.05, 4.69) is 5.32 Å². The molecule has 0 saturated heterocycles. The van der Waals surface area contributed by atoms with E-state index in [1.807, 2.05) is 0 Å². The molecule has 0 heterocycles. The highest BCUT2D eigenvalue weighted by Crippen LogP contribution is 2.24. The molecule has 5 heteroatoms. The predicted molar refractivity (Wildman–Crippen MR) is 73.9 cm³/mol. The summed E-state index contributed by atoms with van der Waals surface area (Å²) in [5.41, 5.74) is -0.292. The summed E-state index contributed by atoms with van der Waals surface area (Å²) in [5.74, 6) is -1.53. The maximum absolute atomic E-state index is 13.2. The van der Waals surface area contributed by atoms with Gasteiger partial charge in [0.2, 0.25) is 5.91 Å². The van der Waals surface area contributed by atoms with Crippen LogP contribution >= 0.6 is 0 Å². The minimum atomic E-state index is -0.893. The summed E-state index contributed by atoms with van der Waals surface area (Å²) < 4.78 is 13.2. The lowest BCUT2D eigenvalue weighted by Gasteiger charge is -2.26. The Morgan fingerprint density at radius 3 is 2.60 bits per heavy atom. The highest BCUT2D eigenvalue weighted by molar-refractivity contribution is 5.87. The van der Waals surface area contributed by atoms with Crippen molar-refractivity contribution in [1.29, 1.82) is 0 Å². The SMILES string of the molecule is C[C@@H](CCC(=O)O)NC(=O)C(C)(C)c1cccc(F)c1.